The number of ketones is 2. The molecule has 0 radical (unpaired) electrons. The highest BCUT2D eigenvalue weighted by molar-refractivity contribution is 5.77. The Bertz CT molecular complexity index is 128. The maximum absolute atomic E-state index is 10.1. The first-order valence-electron chi connectivity index (χ1n) is 4.29. The summed E-state index contributed by atoms with van der Waals surface area (Å²) in [6.45, 7) is 10.8. The van der Waals surface area contributed by atoms with Crippen LogP contribution in [0.15, 0.2) is 0 Å². The van der Waals surface area contributed by atoms with Crippen molar-refractivity contribution in [2.45, 2.75) is 41.5 Å². The van der Waals surface area contributed by atoms with Crippen molar-refractivity contribution in [1.82, 2.24) is 0 Å². The van der Waals surface area contributed by atoms with Crippen molar-refractivity contribution in [3.8, 4) is 0 Å². The molecule has 0 fully saturated rings. The van der Waals surface area contributed by atoms with Gasteiger partial charge in [0.25, 0.3) is 0 Å². The summed E-state index contributed by atoms with van der Waals surface area (Å²) in [6, 6.07) is 0. The molecule has 0 atom stereocenters. The van der Waals surface area contributed by atoms with Gasteiger partial charge in [0.15, 0.2) is 0 Å². The molecule has 0 aliphatic rings. The quantitative estimate of drug-likeness (QED) is 0.641. The number of Topliss-reactive ketones (excluding diaryl/α,β-unsaturated/α-hetero) is 2. The molecule has 0 spiro atoms. The summed E-state index contributed by atoms with van der Waals surface area (Å²) in [6.07, 6.45) is 0. The molecule has 0 aliphatic heterocycles. The van der Waals surface area contributed by atoms with E-state index in [1.807, 2.05) is 27.7 Å². The molecule has 0 aromatic rings. The van der Waals surface area contributed by atoms with E-state index in [-0.39, 0.29) is 23.4 Å². The second-order valence-corrected chi connectivity index (χ2v) is 3.53. The van der Waals surface area contributed by atoms with Gasteiger partial charge in [0.2, 0.25) is 0 Å². The molecule has 2 heteroatoms. The molecule has 0 amide bonds. The zero-order valence-electron chi connectivity index (χ0n) is 8.97. The molecular weight excluding hydrogens is 152 g/mol. The van der Waals surface area contributed by atoms with Gasteiger partial charge in [-0.05, 0) is 13.8 Å². The summed E-state index contributed by atoms with van der Waals surface area (Å²) in [7, 11) is 0. The number of hydrogen-bond acceptors (Lipinski definition) is 2. The van der Waals surface area contributed by atoms with E-state index >= 15 is 0 Å². The van der Waals surface area contributed by atoms with Gasteiger partial charge in [0.1, 0.15) is 11.6 Å². The molecule has 0 bridgehead atoms. The summed E-state index contributed by atoms with van der Waals surface area (Å²) < 4.78 is 0. The second kappa shape index (κ2) is 7.01. The van der Waals surface area contributed by atoms with Gasteiger partial charge < -0.3 is 0 Å². The van der Waals surface area contributed by atoms with Gasteiger partial charge in [-0.1, -0.05) is 27.7 Å². The van der Waals surface area contributed by atoms with Gasteiger partial charge in [0, 0.05) is 11.8 Å². The lowest BCUT2D eigenvalue weighted by Gasteiger charge is -1.90. The van der Waals surface area contributed by atoms with E-state index in [4.69, 9.17) is 0 Å². The zero-order chi connectivity index (χ0) is 10.3. The number of carbonyl (C=O) groups is 2. The van der Waals surface area contributed by atoms with Crippen molar-refractivity contribution in [3.05, 3.63) is 0 Å². The Kier molecular flexibility index (Phi) is 8.12. The van der Waals surface area contributed by atoms with Crippen LogP contribution in [-0.4, -0.2) is 11.6 Å². The molecule has 0 saturated heterocycles. The van der Waals surface area contributed by atoms with Gasteiger partial charge in [0.05, 0.1) is 0 Å². The van der Waals surface area contributed by atoms with Crippen LogP contribution in [-0.2, 0) is 9.59 Å². The van der Waals surface area contributed by atoms with Gasteiger partial charge >= 0.3 is 0 Å². The average molecular weight is 172 g/mol. The van der Waals surface area contributed by atoms with E-state index < -0.39 is 0 Å². The van der Waals surface area contributed by atoms with Crippen molar-refractivity contribution in [2.24, 2.45) is 11.8 Å². The van der Waals surface area contributed by atoms with Crippen LogP contribution in [0.1, 0.15) is 41.5 Å². The maximum atomic E-state index is 10.1. The van der Waals surface area contributed by atoms with Crippen molar-refractivity contribution in [3.63, 3.8) is 0 Å². The van der Waals surface area contributed by atoms with Crippen LogP contribution in [0.4, 0.5) is 0 Å². The first-order chi connectivity index (χ1) is 5.29. The van der Waals surface area contributed by atoms with Crippen LogP contribution in [0.3, 0.4) is 0 Å². The minimum Gasteiger partial charge on any atom is -0.300 e. The topological polar surface area (TPSA) is 34.1 Å². The SMILES string of the molecule is CC(=O)C(C)C.CC(=O)C(C)C. The van der Waals surface area contributed by atoms with Crippen LogP contribution in [0.2, 0.25) is 0 Å². The molecule has 0 aromatic carbocycles. The van der Waals surface area contributed by atoms with Crippen molar-refractivity contribution < 1.29 is 9.59 Å². The first-order valence-corrected chi connectivity index (χ1v) is 4.29. The standard InChI is InChI=1S/2C5H10O/c2*1-4(2)5(3)6/h2*4H,1-3H3. The summed E-state index contributed by atoms with van der Waals surface area (Å²) in [5, 5.41) is 0. The van der Waals surface area contributed by atoms with Gasteiger partial charge in [-0.15, -0.1) is 0 Å². The fourth-order valence-corrected chi connectivity index (χ4v) is 0. The highest BCUT2D eigenvalue weighted by atomic mass is 16.1. The van der Waals surface area contributed by atoms with E-state index in [1.54, 1.807) is 13.8 Å². The van der Waals surface area contributed by atoms with E-state index in [2.05, 4.69) is 0 Å². The van der Waals surface area contributed by atoms with E-state index in [0.29, 0.717) is 0 Å². The zero-order valence-corrected chi connectivity index (χ0v) is 8.97. The molecule has 0 aromatic heterocycles. The van der Waals surface area contributed by atoms with E-state index in [9.17, 15) is 9.59 Å². The molecule has 2 nitrogen and oxygen atoms in total. The van der Waals surface area contributed by atoms with Gasteiger partial charge in [-0.25, -0.2) is 0 Å². The van der Waals surface area contributed by atoms with Crippen molar-refractivity contribution in [1.29, 1.82) is 0 Å². The highest BCUT2D eigenvalue weighted by Gasteiger charge is 1.95. The smallest absolute Gasteiger partial charge is 0.132 e. The summed E-state index contributed by atoms with van der Waals surface area (Å²) in [4.78, 5) is 20.3. The first kappa shape index (κ1) is 13.9. The maximum Gasteiger partial charge on any atom is 0.132 e. The molecule has 0 aliphatic carbocycles. The van der Waals surface area contributed by atoms with Crippen LogP contribution < -0.4 is 0 Å². The Morgan fingerprint density at radius 3 is 0.833 bits per heavy atom. The van der Waals surface area contributed by atoms with Crippen LogP contribution in [0.5, 0.6) is 0 Å². The Morgan fingerprint density at radius 2 is 0.833 bits per heavy atom. The van der Waals surface area contributed by atoms with Crippen LogP contribution in [0.25, 0.3) is 0 Å². The van der Waals surface area contributed by atoms with Gasteiger partial charge in [-0.2, -0.15) is 0 Å². The average Bonchev–Trinajstić information content (AvgIpc) is 1.88. The third-order valence-corrected chi connectivity index (χ3v) is 1.63. The lowest BCUT2D eigenvalue weighted by Crippen LogP contribution is -1.98. The van der Waals surface area contributed by atoms with Crippen LogP contribution in [0, 0.1) is 11.8 Å². The Morgan fingerprint density at radius 1 is 0.750 bits per heavy atom. The molecular formula is C10H20O2. The van der Waals surface area contributed by atoms with E-state index in [0.717, 1.165) is 0 Å². The molecule has 72 valence electrons. The van der Waals surface area contributed by atoms with Crippen molar-refractivity contribution in [2.75, 3.05) is 0 Å². The molecule has 0 unspecified atom stereocenters. The molecule has 0 rings (SSSR count). The number of rotatable bonds is 2. The fourth-order valence-electron chi connectivity index (χ4n) is 0. The monoisotopic (exact) mass is 172 g/mol. The van der Waals surface area contributed by atoms with Gasteiger partial charge in [-0.3, -0.25) is 9.59 Å². The lowest BCUT2D eigenvalue weighted by molar-refractivity contribution is -0.120. The summed E-state index contributed by atoms with van der Waals surface area (Å²) >= 11 is 0. The van der Waals surface area contributed by atoms with Crippen molar-refractivity contribution >= 4 is 11.6 Å². The number of carbonyl (C=O) groups excluding carboxylic acids is 2. The predicted octanol–water partition coefficient (Wildman–Crippen LogP) is 2.46. The second-order valence-electron chi connectivity index (χ2n) is 3.53. The minimum atomic E-state index is 0.213. The molecule has 0 heterocycles. The normalized spacial score (nSPS) is 9.33. The Labute approximate surface area is 75.4 Å². The van der Waals surface area contributed by atoms with Crippen LogP contribution >= 0.6 is 0 Å². The molecule has 0 saturated carbocycles. The summed E-state index contributed by atoms with van der Waals surface area (Å²) in [5.41, 5.74) is 0. The van der Waals surface area contributed by atoms with E-state index in [1.165, 1.54) is 0 Å². The predicted molar refractivity (Wildman–Crippen MR) is 51.0 cm³/mol. The fraction of sp³-hybridized carbons (Fsp3) is 0.800. The molecule has 0 N–H and O–H groups in total. The summed E-state index contributed by atoms with van der Waals surface area (Å²) in [5.74, 6) is 0.944. The minimum absolute atomic E-state index is 0.213. The number of hydrogen-bond donors (Lipinski definition) is 0. The Hall–Kier alpha value is -0.660. The third-order valence-electron chi connectivity index (χ3n) is 1.63. The largest absolute Gasteiger partial charge is 0.300 e. The Balaban J connectivity index is 0. The lowest BCUT2D eigenvalue weighted by atomic mass is 10.1. The molecule has 12 heavy (non-hydrogen) atoms. The highest BCUT2D eigenvalue weighted by Crippen LogP contribution is 1.90. The third kappa shape index (κ3) is 12.1.